The number of carbonyl (C=O) groups excluding carboxylic acids is 3. The number of nitrogens with zero attached hydrogens (tertiary/aromatic N) is 2. The number of carbonyl (C=O) groups is 3. The molecule has 4 rings (SSSR count). The molecule has 0 atom stereocenters. The van der Waals surface area contributed by atoms with Crippen molar-refractivity contribution in [1.29, 1.82) is 0 Å². The Bertz CT molecular complexity index is 1190. The number of amides is 4. The number of phenols is 1. The number of phenolic OH excluding ortho intramolecular Hbond substituents is 1. The molecule has 2 aliphatic rings. The first-order valence-corrected chi connectivity index (χ1v) is 8.66. The smallest absolute Gasteiger partial charge is 0.335 e. The number of nitro groups is 1. The van der Waals surface area contributed by atoms with Gasteiger partial charge in [0.15, 0.2) is 17.2 Å². The van der Waals surface area contributed by atoms with Crippen molar-refractivity contribution in [3.8, 4) is 23.0 Å². The van der Waals surface area contributed by atoms with Crippen LogP contribution in [-0.2, 0) is 9.59 Å². The molecule has 2 heterocycles. The van der Waals surface area contributed by atoms with Crippen LogP contribution in [0.4, 0.5) is 16.2 Å². The third-order valence-corrected chi connectivity index (χ3v) is 4.52. The summed E-state index contributed by atoms with van der Waals surface area (Å²) in [4.78, 5) is 48.7. The molecular weight excluding hydrogens is 414 g/mol. The summed E-state index contributed by atoms with van der Waals surface area (Å²) in [6, 6.07) is 5.55. The Labute approximate surface area is 173 Å². The average molecular weight is 427 g/mol. The van der Waals surface area contributed by atoms with Crippen molar-refractivity contribution in [2.45, 2.75) is 0 Å². The Kier molecular flexibility index (Phi) is 4.66. The predicted octanol–water partition coefficient (Wildman–Crippen LogP) is 1.70. The SMILES string of the molecule is COc1cc(/C=C2\C(=O)NC(=O)N(c3ccc4c(c3)OCO4)C2=O)cc([N+](=O)[O-])c1O. The van der Waals surface area contributed by atoms with E-state index in [0.29, 0.717) is 11.5 Å². The summed E-state index contributed by atoms with van der Waals surface area (Å²) in [6.45, 7) is -0.00989. The van der Waals surface area contributed by atoms with Crippen LogP contribution < -0.4 is 24.4 Å². The number of rotatable bonds is 4. The molecule has 2 N–H and O–H groups in total. The Morgan fingerprint density at radius 3 is 2.65 bits per heavy atom. The van der Waals surface area contributed by atoms with E-state index in [2.05, 4.69) is 0 Å². The largest absolute Gasteiger partial charge is 0.500 e. The highest BCUT2D eigenvalue weighted by atomic mass is 16.7. The first kappa shape index (κ1) is 19.7. The van der Waals surface area contributed by atoms with Crippen molar-refractivity contribution < 1.29 is 38.6 Å². The van der Waals surface area contributed by atoms with E-state index in [1.807, 2.05) is 5.32 Å². The number of benzene rings is 2. The Morgan fingerprint density at radius 2 is 1.94 bits per heavy atom. The van der Waals surface area contributed by atoms with Gasteiger partial charge in [0.05, 0.1) is 17.7 Å². The van der Waals surface area contributed by atoms with Crippen molar-refractivity contribution in [3.05, 3.63) is 51.6 Å². The summed E-state index contributed by atoms with van der Waals surface area (Å²) in [6.07, 6.45) is 1.05. The van der Waals surface area contributed by atoms with E-state index in [9.17, 15) is 29.6 Å². The van der Waals surface area contributed by atoms with Gasteiger partial charge in [0.1, 0.15) is 5.57 Å². The molecule has 2 aromatic carbocycles. The summed E-state index contributed by atoms with van der Waals surface area (Å²) < 4.78 is 15.3. The number of methoxy groups -OCH3 is 1. The third kappa shape index (κ3) is 3.35. The molecule has 0 aromatic heterocycles. The number of ether oxygens (including phenoxy) is 3. The van der Waals surface area contributed by atoms with Crippen LogP contribution in [-0.4, -0.2) is 41.8 Å². The molecular formula is C19H13N3O9. The van der Waals surface area contributed by atoms with Crippen LogP contribution in [0.1, 0.15) is 5.56 Å². The molecule has 0 saturated carbocycles. The lowest BCUT2D eigenvalue weighted by atomic mass is 10.1. The van der Waals surface area contributed by atoms with E-state index >= 15 is 0 Å². The summed E-state index contributed by atoms with van der Waals surface area (Å²) in [5.41, 5.74) is -0.989. The second-order valence-electron chi connectivity index (χ2n) is 6.34. The maximum absolute atomic E-state index is 13.0. The lowest BCUT2D eigenvalue weighted by molar-refractivity contribution is -0.386. The number of hydrogen-bond donors (Lipinski definition) is 2. The number of imide groups is 2. The summed E-state index contributed by atoms with van der Waals surface area (Å²) in [7, 11) is 1.19. The highest BCUT2D eigenvalue weighted by Gasteiger charge is 2.37. The van der Waals surface area contributed by atoms with E-state index < -0.39 is 39.8 Å². The fraction of sp³-hybridized carbons (Fsp3) is 0.105. The lowest BCUT2D eigenvalue weighted by Gasteiger charge is -2.26. The zero-order chi connectivity index (χ0) is 22.3. The van der Waals surface area contributed by atoms with Gasteiger partial charge in [0.2, 0.25) is 12.5 Å². The number of nitrogens with one attached hydrogen (secondary N) is 1. The first-order valence-electron chi connectivity index (χ1n) is 8.66. The number of fused-ring (bicyclic) bond motifs is 1. The van der Waals surface area contributed by atoms with Crippen molar-refractivity contribution >= 4 is 35.3 Å². The monoisotopic (exact) mass is 427 g/mol. The second kappa shape index (κ2) is 7.33. The minimum absolute atomic E-state index is 0.00989. The topological polar surface area (TPSA) is 158 Å². The molecule has 0 spiro atoms. The van der Waals surface area contributed by atoms with Gasteiger partial charge in [0.25, 0.3) is 11.8 Å². The molecule has 158 valence electrons. The minimum atomic E-state index is -0.985. The highest BCUT2D eigenvalue weighted by molar-refractivity contribution is 6.39. The van der Waals surface area contributed by atoms with E-state index in [1.165, 1.54) is 31.4 Å². The maximum atomic E-state index is 13.0. The molecule has 2 aromatic rings. The fourth-order valence-electron chi connectivity index (χ4n) is 3.07. The molecule has 1 saturated heterocycles. The molecule has 0 aliphatic carbocycles. The Morgan fingerprint density at radius 1 is 1.19 bits per heavy atom. The van der Waals surface area contributed by atoms with Crippen LogP contribution in [0.2, 0.25) is 0 Å². The van der Waals surface area contributed by atoms with E-state index in [0.717, 1.165) is 17.0 Å². The molecule has 0 unspecified atom stereocenters. The summed E-state index contributed by atoms with van der Waals surface area (Å²) in [5.74, 6) is -2.12. The summed E-state index contributed by atoms with van der Waals surface area (Å²) in [5, 5.41) is 23.1. The number of hydrogen-bond acceptors (Lipinski definition) is 9. The van der Waals surface area contributed by atoms with Gasteiger partial charge < -0.3 is 19.3 Å². The van der Waals surface area contributed by atoms with Crippen molar-refractivity contribution in [1.82, 2.24) is 5.32 Å². The van der Waals surface area contributed by atoms with Gasteiger partial charge >= 0.3 is 11.7 Å². The van der Waals surface area contributed by atoms with Gasteiger partial charge in [0, 0.05) is 12.1 Å². The van der Waals surface area contributed by atoms with Crippen LogP contribution >= 0.6 is 0 Å². The van der Waals surface area contributed by atoms with Gasteiger partial charge in [-0.05, 0) is 29.8 Å². The van der Waals surface area contributed by atoms with E-state index in [4.69, 9.17) is 14.2 Å². The van der Waals surface area contributed by atoms with Crippen molar-refractivity contribution in [2.75, 3.05) is 18.8 Å². The zero-order valence-corrected chi connectivity index (χ0v) is 15.8. The van der Waals surface area contributed by atoms with E-state index in [1.54, 1.807) is 0 Å². The number of nitro benzene ring substituents is 1. The fourth-order valence-corrected chi connectivity index (χ4v) is 3.07. The number of aromatic hydroxyl groups is 1. The molecule has 12 heteroatoms. The molecule has 0 bridgehead atoms. The molecule has 1 fully saturated rings. The normalized spacial score (nSPS) is 16.5. The third-order valence-electron chi connectivity index (χ3n) is 4.52. The molecule has 12 nitrogen and oxygen atoms in total. The van der Waals surface area contributed by atoms with Crippen LogP contribution in [0.3, 0.4) is 0 Å². The van der Waals surface area contributed by atoms with Crippen LogP contribution in [0.15, 0.2) is 35.9 Å². The van der Waals surface area contributed by atoms with Crippen LogP contribution in [0.5, 0.6) is 23.0 Å². The molecule has 0 radical (unpaired) electrons. The Balaban J connectivity index is 1.76. The number of anilines is 1. The molecule has 2 aliphatic heterocycles. The maximum Gasteiger partial charge on any atom is 0.335 e. The van der Waals surface area contributed by atoms with Gasteiger partial charge in [-0.25, -0.2) is 9.69 Å². The lowest BCUT2D eigenvalue weighted by Crippen LogP contribution is -2.54. The van der Waals surface area contributed by atoms with Gasteiger partial charge in [-0.15, -0.1) is 0 Å². The number of barbiturate groups is 1. The predicted molar refractivity (Wildman–Crippen MR) is 103 cm³/mol. The first-order chi connectivity index (χ1) is 14.8. The minimum Gasteiger partial charge on any atom is -0.500 e. The number of urea groups is 1. The zero-order valence-electron chi connectivity index (χ0n) is 15.8. The van der Waals surface area contributed by atoms with E-state index in [-0.39, 0.29) is 23.8 Å². The van der Waals surface area contributed by atoms with Gasteiger partial charge in [-0.3, -0.25) is 25.0 Å². The quantitative estimate of drug-likeness (QED) is 0.321. The molecule has 4 amide bonds. The van der Waals surface area contributed by atoms with Gasteiger partial charge in [-0.1, -0.05) is 0 Å². The molecule has 31 heavy (non-hydrogen) atoms. The van der Waals surface area contributed by atoms with Crippen molar-refractivity contribution in [2.24, 2.45) is 0 Å². The average Bonchev–Trinajstić information content (AvgIpc) is 3.19. The van der Waals surface area contributed by atoms with Crippen LogP contribution in [0, 0.1) is 10.1 Å². The summed E-state index contributed by atoms with van der Waals surface area (Å²) >= 11 is 0. The second-order valence-corrected chi connectivity index (χ2v) is 6.34. The van der Waals surface area contributed by atoms with Crippen molar-refractivity contribution in [3.63, 3.8) is 0 Å². The van der Waals surface area contributed by atoms with Crippen LogP contribution in [0.25, 0.3) is 6.08 Å². The standard InChI is InChI=1S/C19H13N3O9/c1-29-15-6-9(5-12(16(15)23)22(27)28)4-11-17(24)20-19(26)21(18(11)25)10-2-3-13-14(7-10)31-8-30-13/h2-7,23H,8H2,1H3,(H,20,24,26)/b11-4+. The Hall–Kier alpha value is -4.61. The van der Waals surface area contributed by atoms with Gasteiger partial charge in [-0.2, -0.15) is 0 Å². The highest BCUT2D eigenvalue weighted by Crippen LogP contribution is 2.38.